The zero-order chi connectivity index (χ0) is 19.0. The van der Waals surface area contributed by atoms with Gasteiger partial charge < -0.3 is 14.8 Å². The van der Waals surface area contributed by atoms with Gasteiger partial charge in [-0.05, 0) is 35.4 Å². The molecule has 0 spiro atoms. The van der Waals surface area contributed by atoms with E-state index in [2.05, 4.69) is 11.4 Å². The third kappa shape index (κ3) is 3.17. The molecule has 0 unspecified atom stereocenters. The molecule has 7 nitrogen and oxygen atoms in total. The van der Waals surface area contributed by atoms with Crippen LogP contribution in [0.5, 0.6) is 5.75 Å². The first-order chi connectivity index (χ1) is 13.0. The molecule has 27 heavy (non-hydrogen) atoms. The molecule has 1 fully saturated rings. The maximum atomic E-state index is 12.2. The third-order valence-electron chi connectivity index (χ3n) is 4.66. The molecular weight excluding hydrogens is 346 g/mol. The van der Waals surface area contributed by atoms with Gasteiger partial charge in [-0.3, -0.25) is 9.69 Å². The average molecular weight is 363 g/mol. The molecule has 2 atom stereocenters. The van der Waals surface area contributed by atoms with Gasteiger partial charge in [0.05, 0.1) is 24.7 Å². The second kappa shape index (κ2) is 6.65. The van der Waals surface area contributed by atoms with Gasteiger partial charge in [-0.25, -0.2) is 4.79 Å². The van der Waals surface area contributed by atoms with E-state index in [0.29, 0.717) is 17.9 Å². The Balaban J connectivity index is 1.58. The number of cyclic esters (lactones) is 1. The lowest BCUT2D eigenvalue weighted by Crippen LogP contribution is -2.47. The molecule has 7 heteroatoms. The lowest BCUT2D eigenvalue weighted by Gasteiger charge is -2.31. The second-order valence-corrected chi connectivity index (χ2v) is 6.51. The summed E-state index contributed by atoms with van der Waals surface area (Å²) in [4.78, 5) is 24.8. The normalized spacial score (nSPS) is 20.0. The molecule has 2 aromatic rings. The fourth-order valence-corrected chi connectivity index (χ4v) is 3.29. The van der Waals surface area contributed by atoms with E-state index in [4.69, 9.17) is 14.7 Å². The van der Waals surface area contributed by atoms with Gasteiger partial charge in [0.1, 0.15) is 5.75 Å². The first-order valence-electron chi connectivity index (χ1n) is 8.57. The maximum absolute atomic E-state index is 12.2. The Bertz CT molecular complexity index is 949. The molecule has 0 bridgehead atoms. The largest absolute Gasteiger partial charge is 0.466 e. The number of nitriles is 1. The monoisotopic (exact) mass is 363 g/mol. The van der Waals surface area contributed by atoms with Crippen LogP contribution in [0.1, 0.15) is 18.1 Å². The summed E-state index contributed by atoms with van der Waals surface area (Å²) < 4.78 is 11.3. The van der Waals surface area contributed by atoms with E-state index in [9.17, 15) is 9.59 Å². The predicted octanol–water partition coefficient (Wildman–Crippen LogP) is 2.40. The van der Waals surface area contributed by atoms with Gasteiger partial charge in [-0.1, -0.05) is 18.2 Å². The number of rotatable bonds is 3. The zero-order valence-electron chi connectivity index (χ0n) is 14.6. The fourth-order valence-electron chi connectivity index (χ4n) is 3.29. The van der Waals surface area contributed by atoms with Gasteiger partial charge in [-0.15, -0.1) is 0 Å². The standard InChI is InChI=1S/C20H17N3O4/c1-12(24)22-10-18-19-23(20(25)27-18)11-16-8-15(6-7-17(16)26-19)14-4-2-13(9-21)3-5-14/h2-8,18-19H,10-11H2,1H3,(H,22,24)/t18-,19-/m0/s1. The van der Waals surface area contributed by atoms with E-state index >= 15 is 0 Å². The quantitative estimate of drug-likeness (QED) is 0.904. The van der Waals surface area contributed by atoms with Crippen molar-refractivity contribution >= 4 is 12.0 Å². The van der Waals surface area contributed by atoms with Crippen LogP contribution >= 0.6 is 0 Å². The minimum Gasteiger partial charge on any atom is -0.466 e. The minimum atomic E-state index is -0.558. The van der Waals surface area contributed by atoms with E-state index < -0.39 is 18.4 Å². The SMILES string of the molecule is CC(=O)NC[C@@H]1OC(=O)N2Cc3cc(-c4ccc(C#N)cc4)ccc3O[C@@H]12. The number of benzene rings is 2. The van der Waals surface area contributed by atoms with Gasteiger partial charge in [0.15, 0.2) is 6.10 Å². The second-order valence-electron chi connectivity index (χ2n) is 6.51. The van der Waals surface area contributed by atoms with Crippen molar-refractivity contribution in [1.82, 2.24) is 10.2 Å². The molecule has 0 radical (unpaired) electrons. The molecule has 2 aromatic carbocycles. The molecule has 0 aromatic heterocycles. The smallest absolute Gasteiger partial charge is 0.413 e. The van der Waals surface area contributed by atoms with Crippen LogP contribution in [0.25, 0.3) is 11.1 Å². The van der Waals surface area contributed by atoms with Crippen LogP contribution in [0.4, 0.5) is 4.79 Å². The van der Waals surface area contributed by atoms with E-state index in [0.717, 1.165) is 16.7 Å². The summed E-state index contributed by atoms with van der Waals surface area (Å²) in [7, 11) is 0. The van der Waals surface area contributed by atoms with Gasteiger partial charge >= 0.3 is 6.09 Å². The number of amides is 2. The molecule has 4 rings (SSSR count). The highest BCUT2D eigenvalue weighted by Gasteiger charge is 2.46. The Labute approximate surface area is 156 Å². The highest BCUT2D eigenvalue weighted by Crippen LogP contribution is 2.36. The Hall–Kier alpha value is -3.53. The van der Waals surface area contributed by atoms with Crippen molar-refractivity contribution in [3.05, 3.63) is 53.6 Å². The Morgan fingerprint density at radius 3 is 2.67 bits per heavy atom. The van der Waals surface area contributed by atoms with Gasteiger partial charge in [0.25, 0.3) is 0 Å². The Kier molecular flexibility index (Phi) is 4.16. The van der Waals surface area contributed by atoms with Crippen molar-refractivity contribution in [2.24, 2.45) is 0 Å². The lowest BCUT2D eigenvalue weighted by atomic mass is 10.0. The summed E-state index contributed by atoms with van der Waals surface area (Å²) in [5.74, 6) is 0.507. The summed E-state index contributed by atoms with van der Waals surface area (Å²) in [5, 5.41) is 11.6. The molecule has 136 valence electrons. The van der Waals surface area contributed by atoms with Crippen LogP contribution < -0.4 is 10.1 Å². The van der Waals surface area contributed by atoms with Crippen molar-refractivity contribution in [2.75, 3.05) is 6.54 Å². The topological polar surface area (TPSA) is 91.7 Å². The van der Waals surface area contributed by atoms with E-state index in [1.165, 1.54) is 11.8 Å². The van der Waals surface area contributed by atoms with Crippen molar-refractivity contribution in [3.63, 3.8) is 0 Å². The number of nitrogens with one attached hydrogen (secondary N) is 1. The summed E-state index contributed by atoms with van der Waals surface area (Å²) in [6.45, 7) is 2.00. The zero-order valence-corrected chi connectivity index (χ0v) is 14.6. The number of fused-ring (bicyclic) bond motifs is 2. The van der Waals surface area contributed by atoms with Crippen molar-refractivity contribution in [1.29, 1.82) is 5.26 Å². The van der Waals surface area contributed by atoms with Crippen molar-refractivity contribution in [3.8, 4) is 22.9 Å². The molecule has 2 heterocycles. The predicted molar refractivity (Wildman–Crippen MR) is 95.5 cm³/mol. The first kappa shape index (κ1) is 16.9. The van der Waals surface area contributed by atoms with Crippen molar-refractivity contribution < 1.29 is 19.1 Å². The first-order valence-corrected chi connectivity index (χ1v) is 8.57. The van der Waals surface area contributed by atoms with Crippen LogP contribution in [-0.4, -0.2) is 35.8 Å². The lowest BCUT2D eigenvalue weighted by molar-refractivity contribution is -0.119. The Morgan fingerprint density at radius 1 is 1.22 bits per heavy atom. The molecule has 2 aliphatic heterocycles. The molecule has 0 aliphatic carbocycles. The Morgan fingerprint density at radius 2 is 1.96 bits per heavy atom. The molecular formula is C20H17N3O4. The molecule has 1 saturated heterocycles. The van der Waals surface area contributed by atoms with Gasteiger partial charge in [0, 0.05) is 12.5 Å². The van der Waals surface area contributed by atoms with Crippen LogP contribution in [0, 0.1) is 11.3 Å². The fraction of sp³-hybridized carbons (Fsp3) is 0.250. The van der Waals surface area contributed by atoms with Gasteiger partial charge in [-0.2, -0.15) is 5.26 Å². The number of hydrogen-bond donors (Lipinski definition) is 1. The minimum absolute atomic E-state index is 0.187. The number of carbonyl (C=O) groups is 2. The van der Waals surface area contributed by atoms with E-state index in [1.807, 2.05) is 30.3 Å². The van der Waals surface area contributed by atoms with E-state index in [1.54, 1.807) is 12.1 Å². The number of nitrogens with zero attached hydrogens (tertiary/aromatic N) is 2. The summed E-state index contributed by atoms with van der Waals surface area (Å²) in [6, 6.07) is 15.2. The number of carbonyl (C=O) groups excluding carboxylic acids is 2. The third-order valence-corrected chi connectivity index (χ3v) is 4.66. The van der Waals surface area contributed by atoms with Crippen LogP contribution in [0.3, 0.4) is 0 Å². The summed E-state index contributed by atoms with van der Waals surface area (Å²) in [5.41, 5.74) is 3.44. The van der Waals surface area contributed by atoms with Crippen molar-refractivity contribution in [2.45, 2.75) is 25.8 Å². The van der Waals surface area contributed by atoms with Crippen LogP contribution in [0.15, 0.2) is 42.5 Å². The molecule has 0 saturated carbocycles. The number of hydrogen-bond acceptors (Lipinski definition) is 5. The summed E-state index contributed by atoms with van der Waals surface area (Å²) >= 11 is 0. The highest BCUT2D eigenvalue weighted by atomic mass is 16.6. The highest BCUT2D eigenvalue weighted by molar-refractivity contribution is 5.74. The molecule has 2 aliphatic rings. The summed E-state index contributed by atoms with van der Waals surface area (Å²) in [6.07, 6.45) is -1.56. The van der Waals surface area contributed by atoms with Crippen LogP contribution in [0.2, 0.25) is 0 Å². The molecule has 1 N–H and O–H groups in total. The number of ether oxygens (including phenoxy) is 2. The van der Waals surface area contributed by atoms with Gasteiger partial charge in [0.2, 0.25) is 12.1 Å². The van der Waals surface area contributed by atoms with E-state index in [-0.39, 0.29) is 12.5 Å². The van der Waals surface area contributed by atoms with Crippen LogP contribution in [-0.2, 0) is 16.1 Å². The molecule has 2 amide bonds. The average Bonchev–Trinajstić information content (AvgIpc) is 2.99. The maximum Gasteiger partial charge on any atom is 0.413 e.